The highest BCUT2D eigenvalue weighted by Crippen LogP contribution is 2.40. The number of oxazole rings is 1. The van der Waals surface area contributed by atoms with Gasteiger partial charge in [-0.2, -0.15) is 18.2 Å². The van der Waals surface area contributed by atoms with Crippen LogP contribution >= 0.6 is 0 Å². The molecular weight excluding hydrogens is 295 g/mol. The van der Waals surface area contributed by atoms with Gasteiger partial charge in [0.25, 0.3) is 11.6 Å². The Morgan fingerprint density at radius 1 is 1.33 bits per heavy atom. The van der Waals surface area contributed by atoms with Crippen LogP contribution in [0.1, 0.15) is 5.76 Å². The number of benzene rings is 1. The molecule has 1 aromatic carbocycles. The van der Waals surface area contributed by atoms with Gasteiger partial charge in [-0.05, 0) is 12.1 Å². The summed E-state index contributed by atoms with van der Waals surface area (Å²) in [6, 6.07) is 6.04. The van der Waals surface area contributed by atoms with E-state index in [9.17, 15) is 18.0 Å². The molecule has 0 atom stereocenters. The second-order valence-electron chi connectivity index (χ2n) is 3.72. The number of alkyl halides is 3. The molecule has 0 saturated carbocycles. The smallest absolute Gasteiger partial charge is 0.496 e. The van der Waals surface area contributed by atoms with Gasteiger partial charge in [0.15, 0.2) is 0 Å². The molecule has 1 N–H and O–H groups in total. The molecule has 0 bridgehead atoms. The van der Waals surface area contributed by atoms with Crippen molar-refractivity contribution in [1.29, 1.82) is 0 Å². The molecule has 2 rings (SSSR count). The fourth-order valence-electron chi connectivity index (χ4n) is 1.57. The summed E-state index contributed by atoms with van der Waals surface area (Å²) >= 11 is 0. The quantitative estimate of drug-likeness (QED) is 0.875. The van der Waals surface area contributed by atoms with Crippen molar-refractivity contribution in [3.63, 3.8) is 0 Å². The van der Waals surface area contributed by atoms with Crippen LogP contribution in [0.2, 0.25) is 0 Å². The molecule has 1 heterocycles. The molecule has 6 nitrogen and oxygen atoms in total. The van der Waals surface area contributed by atoms with Gasteiger partial charge < -0.3 is 19.0 Å². The number of halogens is 3. The highest BCUT2D eigenvalue weighted by atomic mass is 19.4. The molecule has 9 heteroatoms. The van der Waals surface area contributed by atoms with Crippen LogP contribution in [-0.4, -0.2) is 23.4 Å². The van der Waals surface area contributed by atoms with Gasteiger partial charge in [-0.3, -0.25) is 0 Å². The second kappa shape index (κ2) is 5.35. The van der Waals surface area contributed by atoms with Crippen LogP contribution in [0.5, 0.6) is 11.6 Å². The summed E-state index contributed by atoms with van der Waals surface area (Å²) in [5.41, 5.74) is 0.130. The zero-order valence-corrected chi connectivity index (χ0v) is 10.5. The van der Waals surface area contributed by atoms with E-state index >= 15 is 0 Å². The lowest BCUT2D eigenvalue weighted by Crippen LogP contribution is -2.10. The van der Waals surface area contributed by atoms with Crippen molar-refractivity contribution in [2.45, 2.75) is 6.18 Å². The summed E-state index contributed by atoms with van der Waals surface area (Å²) in [5, 5.41) is 8.44. The van der Waals surface area contributed by atoms with E-state index in [1.54, 1.807) is 6.07 Å². The van der Waals surface area contributed by atoms with E-state index in [0.29, 0.717) is 0 Å². The molecule has 0 amide bonds. The van der Waals surface area contributed by atoms with E-state index < -0.39 is 29.9 Å². The molecule has 0 aliphatic carbocycles. The maximum absolute atomic E-state index is 12.8. The molecule has 0 aliphatic rings. The number of methoxy groups -OCH3 is 1. The number of nitrogens with zero attached hydrogens (tertiary/aromatic N) is 1. The molecule has 0 fully saturated rings. The van der Waals surface area contributed by atoms with Gasteiger partial charge in [-0.15, -0.1) is 0 Å². The fraction of sp³-hybridized carbons (Fsp3) is 0.167. The third-order valence-corrected chi connectivity index (χ3v) is 2.37. The van der Waals surface area contributed by atoms with Crippen LogP contribution in [0.3, 0.4) is 0 Å². The fourth-order valence-corrected chi connectivity index (χ4v) is 1.57. The molecule has 0 saturated heterocycles. The topological polar surface area (TPSA) is 81.8 Å². The first-order valence-corrected chi connectivity index (χ1v) is 5.45. The van der Waals surface area contributed by atoms with Crippen LogP contribution in [-0.2, 0) is 6.18 Å². The number of para-hydroxylation sites is 1. The molecule has 0 unspecified atom stereocenters. The van der Waals surface area contributed by atoms with E-state index in [0.717, 1.165) is 0 Å². The van der Waals surface area contributed by atoms with E-state index in [-0.39, 0.29) is 11.3 Å². The number of carbonyl (C=O) groups is 1. The largest absolute Gasteiger partial charge is 0.512 e. The Bertz CT molecular complexity index is 665. The zero-order valence-electron chi connectivity index (χ0n) is 10.5. The minimum atomic E-state index is -4.95. The summed E-state index contributed by atoms with van der Waals surface area (Å²) in [6.07, 6.45) is -6.88. The number of aromatic nitrogens is 1. The predicted molar refractivity (Wildman–Crippen MR) is 62.1 cm³/mol. The van der Waals surface area contributed by atoms with Crippen LogP contribution in [0.15, 0.2) is 28.7 Å². The van der Waals surface area contributed by atoms with E-state index in [2.05, 4.69) is 14.1 Å². The van der Waals surface area contributed by atoms with Gasteiger partial charge in [0.05, 0.1) is 12.7 Å². The van der Waals surface area contributed by atoms with Gasteiger partial charge in [-0.25, -0.2) is 4.79 Å². The van der Waals surface area contributed by atoms with Crippen LogP contribution in [0, 0.1) is 0 Å². The number of hydrogen-bond donors (Lipinski definition) is 1. The molecule has 112 valence electrons. The average Bonchev–Trinajstić information content (AvgIpc) is 2.81. The molecule has 0 spiro atoms. The van der Waals surface area contributed by atoms with Crippen molar-refractivity contribution in [3.8, 4) is 23.1 Å². The van der Waals surface area contributed by atoms with Crippen LogP contribution in [0.4, 0.5) is 18.0 Å². The Morgan fingerprint density at radius 2 is 2.00 bits per heavy atom. The highest BCUT2D eigenvalue weighted by molar-refractivity contribution is 5.65. The molecule has 0 radical (unpaired) electrons. The van der Waals surface area contributed by atoms with Gasteiger partial charge in [0.2, 0.25) is 5.89 Å². The first-order chi connectivity index (χ1) is 9.82. The minimum absolute atomic E-state index is 0.130. The summed E-state index contributed by atoms with van der Waals surface area (Å²) in [5.74, 6) is -3.05. The zero-order chi connectivity index (χ0) is 15.6. The Balaban J connectivity index is 2.56. The normalized spacial score (nSPS) is 11.2. The van der Waals surface area contributed by atoms with Crippen LogP contribution in [0.25, 0.3) is 11.5 Å². The summed E-state index contributed by atoms with van der Waals surface area (Å²) < 4.78 is 51.9. The Hall–Kier alpha value is -2.71. The first kappa shape index (κ1) is 14.7. The molecule has 1 aromatic heterocycles. The van der Waals surface area contributed by atoms with Crippen molar-refractivity contribution < 1.29 is 37.0 Å². The molecule has 2 aromatic rings. The molecule has 21 heavy (non-hydrogen) atoms. The lowest BCUT2D eigenvalue weighted by molar-refractivity contribution is -0.153. The standard InChI is InChI=1S/C12H8F3NO5/c1-19-7-5-3-2-4-6(7)9-16-10(21-11(17)18)8(20-9)12(13,14)15/h2-5H,1H3,(H,17,18). The third-order valence-electron chi connectivity index (χ3n) is 2.37. The van der Waals surface area contributed by atoms with Crippen LogP contribution < -0.4 is 9.47 Å². The predicted octanol–water partition coefficient (Wildman–Crippen LogP) is 3.43. The lowest BCUT2D eigenvalue weighted by atomic mass is 10.2. The monoisotopic (exact) mass is 303 g/mol. The minimum Gasteiger partial charge on any atom is -0.496 e. The van der Waals surface area contributed by atoms with Gasteiger partial charge >= 0.3 is 12.3 Å². The number of ether oxygens (including phenoxy) is 2. The maximum Gasteiger partial charge on any atom is 0.512 e. The second-order valence-corrected chi connectivity index (χ2v) is 3.72. The van der Waals surface area contributed by atoms with Crippen molar-refractivity contribution in [2.24, 2.45) is 0 Å². The van der Waals surface area contributed by atoms with Crippen molar-refractivity contribution in [1.82, 2.24) is 4.98 Å². The number of rotatable bonds is 3. The van der Waals surface area contributed by atoms with E-state index in [1.165, 1.54) is 25.3 Å². The van der Waals surface area contributed by atoms with Gasteiger partial charge in [-0.1, -0.05) is 12.1 Å². The maximum atomic E-state index is 12.8. The van der Waals surface area contributed by atoms with Gasteiger partial charge in [0, 0.05) is 0 Å². The van der Waals surface area contributed by atoms with E-state index in [1.807, 2.05) is 0 Å². The number of carboxylic acid groups (broad SMARTS) is 1. The summed E-state index contributed by atoms with van der Waals surface area (Å²) in [7, 11) is 1.32. The molecular formula is C12H8F3NO5. The Kier molecular flexibility index (Phi) is 3.74. The van der Waals surface area contributed by atoms with E-state index in [4.69, 9.17) is 9.84 Å². The van der Waals surface area contributed by atoms with Crippen molar-refractivity contribution >= 4 is 6.16 Å². The Labute approximate surface area is 115 Å². The highest BCUT2D eigenvalue weighted by Gasteiger charge is 2.42. The van der Waals surface area contributed by atoms with Gasteiger partial charge in [0.1, 0.15) is 5.75 Å². The average molecular weight is 303 g/mol. The summed E-state index contributed by atoms with van der Waals surface area (Å²) in [4.78, 5) is 13.8. The summed E-state index contributed by atoms with van der Waals surface area (Å²) in [6.45, 7) is 0. The first-order valence-electron chi connectivity index (χ1n) is 5.45. The van der Waals surface area contributed by atoms with Crippen molar-refractivity contribution in [3.05, 3.63) is 30.0 Å². The lowest BCUT2D eigenvalue weighted by Gasteiger charge is -2.04. The molecule has 0 aliphatic heterocycles. The SMILES string of the molecule is COc1ccccc1-c1nc(OC(=O)O)c(C(F)(F)F)o1. The third kappa shape index (κ3) is 3.07. The van der Waals surface area contributed by atoms with Crippen molar-refractivity contribution in [2.75, 3.05) is 7.11 Å². The Morgan fingerprint density at radius 3 is 2.57 bits per heavy atom. The number of hydrogen-bond acceptors (Lipinski definition) is 5.